The summed E-state index contributed by atoms with van der Waals surface area (Å²) in [6.45, 7) is 9.80. The van der Waals surface area contributed by atoms with E-state index in [4.69, 9.17) is 5.84 Å². The van der Waals surface area contributed by atoms with Crippen molar-refractivity contribution in [2.45, 2.75) is 32.9 Å². The topological polar surface area (TPSA) is 70.3 Å². The Labute approximate surface area is 112 Å². The Morgan fingerprint density at radius 1 is 1.50 bits per heavy atom. The highest BCUT2D eigenvalue weighted by Gasteiger charge is 2.27. The average molecular weight is 270 g/mol. The van der Waals surface area contributed by atoms with Crippen molar-refractivity contribution in [2.24, 2.45) is 5.84 Å². The lowest BCUT2D eigenvalue weighted by atomic mass is 10.2. The maximum Gasteiger partial charge on any atom is 0.148 e. The summed E-state index contributed by atoms with van der Waals surface area (Å²) < 4.78 is 3.93. The van der Waals surface area contributed by atoms with Gasteiger partial charge in [-0.3, -0.25) is 9.80 Å². The van der Waals surface area contributed by atoms with E-state index in [1.165, 1.54) is 18.0 Å². The van der Waals surface area contributed by atoms with Crippen LogP contribution in [0.5, 0.6) is 0 Å². The molecule has 2 rings (SSSR count). The number of nitrogens with two attached hydrogens (primary N) is 1. The molecule has 0 bridgehead atoms. The molecule has 1 aliphatic heterocycles. The molecule has 1 aliphatic rings. The second-order valence-corrected chi connectivity index (χ2v) is 5.35. The zero-order chi connectivity index (χ0) is 13.0. The molecule has 102 valence electrons. The molecule has 1 unspecified atom stereocenters. The van der Waals surface area contributed by atoms with Gasteiger partial charge in [0.2, 0.25) is 0 Å². The molecular weight excluding hydrogens is 248 g/mol. The molecule has 2 heterocycles. The lowest BCUT2D eigenvalue weighted by molar-refractivity contribution is 0.208. The second kappa shape index (κ2) is 6.42. The molecule has 0 amide bonds. The van der Waals surface area contributed by atoms with Gasteiger partial charge in [-0.15, -0.1) is 5.10 Å². The Morgan fingerprint density at radius 2 is 2.28 bits per heavy atom. The lowest BCUT2D eigenvalue weighted by Gasteiger charge is -2.26. The maximum atomic E-state index is 5.44. The molecule has 1 saturated heterocycles. The van der Waals surface area contributed by atoms with Crippen molar-refractivity contribution >= 4 is 16.5 Å². The smallest absolute Gasteiger partial charge is 0.148 e. The first kappa shape index (κ1) is 13.7. The monoisotopic (exact) mass is 270 g/mol. The first-order valence-corrected chi connectivity index (χ1v) is 7.30. The number of aromatic nitrogens is 2. The zero-order valence-corrected chi connectivity index (χ0v) is 11.9. The molecular formula is C11H22N6S. The van der Waals surface area contributed by atoms with E-state index >= 15 is 0 Å². The van der Waals surface area contributed by atoms with Crippen molar-refractivity contribution in [3.05, 3.63) is 5.69 Å². The van der Waals surface area contributed by atoms with Crippen LogP contribution < -0.4 is 11.3 Å². The number of hydrazine groups is 1. The second-order valence-electron chi connectivity index (χ2n) is 4.59. The van der Waals surface area contributed by atoms with Crippen molar-refractivity contribution in [2.75, 3.05) is 31.6 Å². The summed E-state index contributed by atoms with van der Waals surface area (Å²) in [5, 5.41) is 5.01. The summed E-state index contributed by atoms with van der Waals surface area (Å²) in [7, 11) is 0. The predicted octanol–water partition coefficient (Wildman–Crippen LogP) is 0.740. The van der Waals surface area contributed by atoms with Gasteiger partial charge >= 0.3 is 0 Å². The number of hydrogen-bond acceptors (Lipinski definition) is 7. The van der Waals surface area contributed by atoms with Gasteiger partial charge in [0, 0.05) is 37.2 Å². The fourth-order valence-electron chi connectivity index (χ4n) is 2.63. The van der Waals surface area contributed by atoms with Crippen molar-refractivity contribution in [3.8, 4) is 0 Å². The van der Waals surface area contributed by atoms with Crippen LogP contribution in [0.2, 0.25) is 0 Å². The SMILES string of the molecule is CCN(CC)C1CCN(Cc2nnsc2NN)C1. The van der Waals surface area contributed by atoms with Gasteiger partial charge in [-0.1, -0.05) is 18.3 Å². The summed E-state index contributed by atoms with van der Waals surface area (Å²) >= 11 is 1.31. The summed E-state index contributed by atoms with van der Waals surface area (Å²) in [5.41, 5.74) is 3.62. The van der Waals surface area contributed by atoms with E-state index in [1.54, 1.807) is 0 Å². The molecule has 18 heavy (non-hydrogen) atoms. The summed E-state index contributed by atoms with van der Waals surface area (Å²) in [4.78, 5) is 4.96. The molecule has 1 atom stereocenters. The first-order chi connectivity index (χ1) is 8.78. The minimum Gasteiger partial charge on any atom is -0.313 e. The number of hydrogen-bond donors (Lipinski definition) is 2. The fraction of sp³-hybridized carbons (Fsp3) is 0.818. The zero-order valence-electron chi connectivity index (χ0n) is 11.1. The van der Waals surface area contributed by atoms with Gasteiger partial charge in [-0.25, -0.2) is 5.84 Å². The van der Waals surface area contributed by atoms with Gasteiger partial charge in [-0.05, 0) is 19.5 Å². The van der Waals surface area contributed by atoms with Gasteiger partial charge in [0.25, 0.3) is 0 Å². The fourth-order valence-corrected chi connectivity index (χ4v) is 3.11. The van der Waals surface area contributed by atoms with Gasteiger partial charge in [-0.2, -0.15) is 0 Å². The molecule has 7 heteroatoms. The molecule has 0 aliphatic carbocycles. The minimum atomic E-state index is 0.681. The lowest BCUT2D eigenvalue weighted by Crippen LogP contribution is -2.37. The Bertz CT molecular complexity index is 364. The summed E-state index contributed by atoms with van der Waals surface area (Å²) in [6, 6.07) is 0.681. The Hall–Kier alpha value is -0.760. The van der Waals surface area contributed by atoms with Crippen molar-refractivity contribution in [1.82, 2.24) is 19.4 Å². The Kier molecular flexibility index (Phi) is 4.87. The highest BCUT2D eigenvalue weighted by atomic mass is 32.1. The number of anilines is 1. The van der Waals surface area contributed by atoms with Crippen LogP contribution in [0, 0.1) is 0 Å². The standard InChI is InChI=1S/C11H22N6S/c1-3-17(4-2)9-5-6-16(7-9)8-10-11(13-12)18-15-14-10/h9,13H,3-8,12H2,1-2H3. The van der Waals surface area contributed by atoms with E-state index in [1.807, 2.05) is 0 Å². The van der Waals surface area contributed by atoms with Gasteiger partial charge in [0.15, 0.2) is 0 Å². The molecule has 6 nitrogen and oxygen atoms in total. The molecule has 1 fully saturated rings. The normalized spacial score (nSPS) is 20.8. The number of likely N-dealkylation sites (tertiary alicyclic amines) is 1. The molecule has 3 N–H and O–H groups in total. The van der Waals surface area contributed by atoms with Crippen LogP contribution in [-0.4, -0.2) is 51.6 Å². The number of nitrogen functional groups attached to an aromatic ring is 1. The number of rotatable bonds is 6. The summed E-state index contributed by atoms with van der Waals surface area (Å²) in [5.74, 6) is 5.44. The largest absolute Gasteiger partial charge is 0.313 e. The first-order valence-electron chi connectivity index (χ1n) is 6.52. The van der Waals surface area contributed by atoms with Crippen LogP contribution in [0.15, 0.2) is 0 Å². The van der Waals surface area contributed by atoms with Gasteiger partial charge in [0.05, 0.1) is 0 Å². The number of likely N-dealkylation sites (N-methyl/N-ethyl adjacent to an activating group) is 1. The van der Waals surface area contributed by atoms with Gasteiger partial charge in [0.1, 0.15) is 10.7 Å². The van der Waals surface area contributed by atoms with Crippen molar-refractivity contribution in [1.29, 1.82) is 0 Å². The maximum absolute atomic E-state index is 5.44. The van der Waals surface area contributed by atoms with E-state index in [9.17, 15) is 0 Å². The quantitative estimate of drug-likeness (QED) is 0.587. The molecule has 0 aromatic carbocycles. The van der Waals surface area contributed by atoms with E-state index in [0.29, 0.717) is 6.04 Å². The highest BCUT2D eigenvalue weighted by molar-refractivity contribution is 7.10. The Balaban J connectivity index is 1.89. The third kappa shape index (κ3) is 2.97. The molecule has 0 saturated carbocycles. The van der Waals surface area contributed by atoms with Crippen molar-refractivity contribution in [3.63, 3.8) is 0 Å². The van der Waals surface area contributed by atoms with Gasteiger partial charge < -0.3 is 5.43 Å². The van der Waals surface area contributed by atoms with Crippen LogP contribution >= 0.6 is 11.5 Å². The van der Waals surface area contributed by atoms with Crippen molar-refractivity contribution < 1.29 is 0 Å². The molecule has 1 aromatic rings. The minimum absolute atomic E-state index is 0.681. The molecule has 0 spiro atoms. The number of nitrogens with zero attached hydrogens (tertiary/aromatic N) is 4. The van der Waals surface area contributed by atoms with Crippen LogP contribution in [0.3, 0.4) is 0 Å². The third-order valence-corrected chi connectivity index (χ3v) is 4.34. The van der Waals surface area contributed by atoms with Crippen LogP contribution in [0.25, 0.3) is 0 Å². The molecule has 0 radical (unpaired) electrons. The van der Waals surface area contributed by atoms with E-state index < -0.39 is 0 Å². The molecule has 1 aromatic heterocycles. The highest BCUT2D eigenvalue weighted by Crippen LogP contribution is 2.22. The van der Waals surface area contributed by atoms with Crippen LogP contribution in [-0.2, 0) is 6.54 Å². The van der Waals surface area contributed by atoms with Crippen LogP contribution in [0.4, 0.5) is 5.00 Å². The van der Waals surface area contributed by atoms with Crippen LogP contribution in [0.1, 0.15) is 26.0 Å². The Morgan fingerprint density at radius 3 is 2.94 bits per heavy atom. The van der Waals surface area contributed by atoms with E-state index in [0.717, 1.165) is 43.4 Å². The summed E-state index contributed by atoms with van der Waals surface area (Å²) in [6.07, 6.45) is 1.24. The van der Waals surface area contributed by atoms with E-state index in [-0.39, 0.29) is 0 Å². The average Bonchev–Trinajstić information content (AvgIpc) is 3.01. The predicted molar refractivity (Wildman–Crippen MR) is 74.3 cm³/mol. The third-order valence-electron chi connectivity index (χ3n) is 3.64. The number of nitrogens with one attached hydrogen (secondary N) is 1. The van der Waals surface area contributed by atoms with E-state index in [2.05, 4.69) is 38.7 Å².